The highest BCUT2D eigenvalue weighted by atomic mass is 35.5. The first-order valence-corrected chi connectivity index (χ1v) is 10.3. The number of benzene rings is 2. The molecular formula is C21H14ClF3N6O3. The van der Waals surface area contributed by atoms with Crippen LogP contribution >= 0.6 is 11.6 Å². The van der Waals surface area contributed by atoms with Gasteiger partial charge in [-0.05, 0) is 36.8 Å². The fraction of sp³-hybridized carbons (Fsp3) is 0.238. The molecule has 2 amide bonds. The van der Waals surface area contributed by atoms with E-state index >= 15 is 0 Å². The Bertz CT molecular complexity index is 1340. The predicted molar refractivity (Wildman–Crippen MR) is 111 cm³/mol. The quantitative estimate of drug-likeness (QED) is 0.507. The number of carbonyl (C=O) groups excluding carboxylic acids is 2. The van der Waals surface area contributed by atoms with Gasteiger partial charge in [-0.2, -0.15) is 23.3 Å². The second-order valence-electron chi connectivity index (χ2n) is 7.73. The zero-order chi connectivity index (χ0) is 24.2. The average Bonchev–Trinajstić information content (AvgIpc) is 3.48. The van der Waals surface area contributed by atoms with Crippen LogP contribution in [0.3, 0.4) is 0 Å². The molecule has 34 heavy (non-hydrogen) atoms. The van der Waals surface area contributed by atoms with Crippen molar-refractivity contribution in [3.05, 3.63) is 64.5 Å². The SMILES string of the molecule is Cc1ccc(N2C(=O)C3N=NN(Cc4nc(-c5cccc(C(F)(F)F)c5)no4)C3C2=O)cc1Cl. The number of hydrogen-bond acceptors (Lipinski definition) is 8. The van der Waals surface area contributed by atoms with Gasteiger partial charge in [0.05, 0.1) is 11.3 Å². The number of fused-ring (bicyclic) bond motifs is 1. The number of aromatic nitrogens is 2. The smallest absolute Gasteiger partial charge is 0.337 e. The molecular weight excluding hydrogens is 477 g/mol. The largest absolute Gasteiger partial charge is 0.416 e. The van der Waals surface area contributed by atoms with E-state index in [9.17, 15) is 22.8 Å². The standard InChI is InChI=1S/C21H14ClF3N6O3/c1-10-5-6-13(8-14(10)22)31-19(32)16-17(20(31)33)30(29-27-16)9-15-26-18(28-34-15)11-3-2-4-12(7-11)21(23,24)25/h2-8,16-17H,9H2,1H3. The second kappa shape index (κ2) is 7.90. The Kier molecular flexibility index (Phi) is 5.12. The van der Waals surface area contributed by atoms with Gasteiger partial charge in [0.2, 0.25) is 11.7 Å². The van der Waals surface area contributed by atoms with E-state index < -0.39 is 35.6 Å². The molecule has 2 aromatic carbocycles. The Morgan fingerprint density at radius 2 is 1.91 bits per heavy atom. The van der Waals surface area contributed by atoms with Gasteiger partial charge in [0, 0.05) is 10.6 Å². The molecule has 0 bridgehead atoms. The van der Waals surface area contributed by atoms with Crippen LogP contribution in [0.25, 0.3) is 11.4 Å². The van der Waals surface area contributed by atoms with E-state index in [0.717, 1.165) is 22.6 Å². The fourth-order valence-electron chi connectivity index (χ4n) is 3.74. The number of carbonyl (C=O) groups is 2. The monoisotopic (exact) mass is 490 g/mol. The number of alkyl halides is 3. The Labute approximate surface area is 194 Å². The van der Waals surface area contributed by atoms with Crippen LogP contribution in [0.2, 0.25) is 5.02 Å². The molecule has 13 heteroatoms. The van der Waals surface area contributed by atoms with Gasteiger partial charge < -0.3 is 4.52 Å². The molecule has 3 heterocycles. The lowest BCUT2D eigenvalue weighted by atomic mass is 10.1. The lowest BCUT2D eigenvalue weighted by Gasteiger charge is -2.19. The van der Waals surface area contributed by atoms with Gasteiger partial charge in [0.1, 0.15) is 6.54 Å². The van der Waals surface area contributed by atoms with Gasteiger partial charge in [0.15, 0.2) is 12.1 Å². The average molecular weight is 491 g/mol. The third-order valence-corrected chi connectivity index (χ3v) is 5.89. The van der Waals surface area contributed by atoms with Crippen molar-refractivity contribution >= 4 is 29.1 Å². The van der Waals surface area contributed by atoms with Crippen molar-refractivity contribution in [1.82, 2.24) is 15.1 Å². The van der Waals surface area contributed by atoms with Crippen molar-refractivity contribution in [3.8, 4) is 11.4 Å². The molecule has 3 aromatic rings. The van der Waals surface area contributed by atoms with Crippen molar-refractivity contribution in [3.63, 3.8) is 0 Å². The summed E-state index contributed by atoms with van der Waals surface area (Å²) in [6.45, 7) is 1.63. The van der Waals surface area contributed by atoms with Crippen molar-refractivity contribution in [2.45, 2.75) is 31.7 Å². The number of hydrogen-bond donors (Lipinski definition) is 0. The lowest BCUT2D eigenvalue weighted by molar-refractivity contribution is -0.137. The van der Waals surface area contributed by atoms with Gasteiger partial charge in [0.25, 0.3) is 11.8 Å². The molecule has 0 saturated carbocycles. The molecule has 174 valence electrons. The zero-order valence-electron chi connectivity index (χ0n) is 17.3. The minimum atomic E-state index is -4.52. The van der Waals surface area contributed by atoms with Crippen LogP contribution in [0.15, 0.2) is 57.3 Å². The van der Waals surface area contributed by atoms with E-state index in [2.05, 4.69) is 20.5 Å². The first-order chi connectivity index (χ1) is 16.1. The molecule has 9 nitrogen and oxygen atoms in total. The minimum absolute atomic E-state index is 0.0101. The molecule has 0 N–H and O–H groups in total. The third kappa shape index (κ3) is 3.69. The second-order valence-corrected chi connectivity index (χ2v) is 8.14. The van der Waals surface area contributed by atoms with Crippen molar-refractivity contribution in [2.75, 3.05) is 4.90 Å². The van der Waals surface area contributed by atoms with E-state index in [1.54, 1.807) is 19.1 Å². The molecule has 0 aliphatic carbocycles. The highest BCUT2D eigenvalue weighted by Crippen LogP contribution is 2.35. The van der Waals surface area contributed by atoms with Crippen LogP contribution in [-0.4, -0.2) is 39.0 Å². The maximum absolute atomic E-state index is 13.1. The summed E-state index contributed by atoms with van der Waals surface area (Å²) in [7, 11) is 0. The summed E-state index contributed by atoms with van der Waals surface area (Å²) in [5, 5.41) is 13.2. The molecule has 2 unspecified atom stereocenters. The van der Waals surface area contributed by atoms with Gasteiger partial charge >= 0.3 is 6.18 Å². The van der Waals surface area contributed by atoms with Crippen molar-refractivity contribution in [2.24, 2.45) is 10.3 Å². The molecule has 0 spiro atoms. The van der Waals surface area contributed by atoms with Gasteiger partial charge in [-0.1, -0.05) is 40.2 Å². The molecule has 2 atom stereocenters. The van der Waals surface area contributed by atoms with Gasteiger partial charge in [-0.15, -0.1) is 0 Å². The first-order valence-electron chi connectivity index (χ1n) is 9.95. The lowest BCUT2D eigenvalue weighted by Crippen LogP contribution is -2.39. The van der Waals surface area contributed by atoms with Crippen LogP contribution in [0.4, 0.5) is 18.9 Å². The molecule has 1 aromatic heterocycles. The number of aryl methyl sites for hydroxylation is 1. The molecule has 2 aliphatic heterocycles. The number of imide groups is 1. The topological polar surface area (TPSA) is 104 Å². The van der Waals surface area contributed by atoms with Crippen LogP contribution in [0.5, 0.6) is 0 Å². The molecule has 1 fully saturated rings. The third-order valence-electron chi connectivity index (χ3n) is 5.48. The Hall–Kier alpha value is -3.80. The summed E-state index contributed by atoms with van der Waals surface area (Å²) in [6.07, 6.45) is -4.52. The summed E-state index contributed by atoms with van der Waals surface area (Å²) >= 11 is 6.14. The van der Waals surface area contributed by atoms with Gasteiger partial charge in [-0.3, -0.25) is 14.6 Å². The molecule has 1 saturated heterocycles. The van der Waals surface area contributed by atoms with E-state index in [0.29, 0.717) is 10.7 Å². The van der Waals surface area contributed by atoms with Crippen LogP contribution in [0.1, 0.15) is 17.0 Å². The number of halogens is 4. The summed E-state index contributed by atoms with van der Waals surface area (Å²) < 4.78 is 44.1. The molecule has 2 aliphatic rings. The van der Waals surface area contributed by atoms with Crippen LogP contribution in [0, 0.1) is 6.92 Å². The molecule has 0 radical (unpaired) electrons. The predicted octanol–water partition coefficient (Wildman–Crippen LogP) is 4.21. The number of nitrogens with zero attached hydrogens (tertiary/aromatic N) is 6. The first kappa shape index (κ1) is 22.0. The summed E-state index contributed by atoms with van der Waals surface area (Å²) in [5.41, 5.74) is 0.373. The summed E-state index contributed by atoms with van der Waals surface area (Å²) in [6, 6.07) is 7.26. The number of anilines is 1. The maximum atomic E-state index is 13.1. The zero-order valence-corrected chi connectivity index (χ0v) is 18.1. The number of rotatable bonds is 4. The summed E-state index contributed by atoms with van der Waals surface area (Å²) in [4.78, 5) is 31.0. The van der Waals surface area contributed by atoms with E-state index in [-0.39, 0.29) is 23.8 Å². The van der Waals surface area contributed by atoms with Crippen LogP contribution in [-0.2, 0) is 22.3 Å². The van der Waals surface area contributed by atoms with Crippen LogP contribution < -0.4 is 4.90 Å². The van der Waals surface area contributed by atoms with Gasteiger partial charge in [-0.25, -0.2) is 4.90 Å². The van der Waals surface area contributed by atoms with Crippen molar-refractivity contribution < 1.29 is 27.3 Å². The van der Waals surface area contributed by atoms with E-state index in [1.165, 1.54) is 23.2 Å². The van der Waals surface area contributed by atoms with E-state index in [4.69, 9.17) is 16.1 Å². The molecule has 5 rings (SSSR count). The Balaban J connectivity index is 1.36. The minimum Gasteiger partial charge on any atom is -0.337 e. The fourth-order valence-corrected chi connectivity index (χ4v) is 3.91. The Morgan fingerprint density at radius 3 is 2.65 bits per heavy atom. The highest BCUT2D eigenvalue weighted by molar-refractivity contribution is 6.32. The Morgan fingerprint density at radius 1 is 1.12 bits per heavy atom. The van der Waals surface area contributed by atoms with Crippen molar-refractivity contribution in [1.29, 1.82) is 0 Å². The maximum Gasteiger partial charge on any atom is 0.416 e. The highest BCUT2D eigenvalue weighted by Gasteiger charge is 2.55. The summed E-state index contributed by atoms with van der Waals surface area (Å²) in [5.74, 6) is -1.16. The number of amides is 2. The normalized spacial score (nSPS) is 19.9. The van der Waals surface area contributed by atoms with E-state index in [1.807, 2.05) is 0 Å².